The Labute approximate surface area is 140 Å². The van der Waals surface area contributed by atoms with Gasteiger partial charge in [0.1, 0.15) is 5.75 Å². The van der Waals surface area contributed by atoms with Crippen molar-refractivity contribution in [1.29, 1.82) is 5.26 Å². The van der Waals surface area contributed by atoms with Gasteiger partial charge in [0.2, 0.25) is 0 Å². The van der Waals surface area contributed by atoms with Crippen LogP contribution in [0.3, 0.4) is 0 Å². The van der Waals surface area contributed by atoms with Crippen molar-refractivity contribution in [3.63, 3.8) is 0 Å². The molecule has 0 atom stereocenters. The van der Waals surface area contributed by atoms with Gasteiger partial charge in [-0.1, -0.05) is 36.3 Å². The Bertz CT molecular complexity index is 830. The van der Waals surface area contributed by atoms with Gasteiger partial charge in [-0.2, -0.15) is 10.2 Å². The molecule has 0 aliphatic heterocycles. The Hall–Kier alpha value is -3.13. The highest BCUT2D eigenvalue weighted by Gasteiger charge is 2.06. The second-order valence-corrected chi connectivity index (χ2v) is 5.36. The molecule has 0 unspecified atom stereocenters. The number of nitrogens with zero attached hydrogens (tertiary/aromatic N) is 3. The predicted octanol–water partition coefficient (Wildman–Crippen LogP) is 4.14. The number of nitriles is 1. The fourth-order valence-electron chi connectivity index (χ4n) is 2.30. The molecule has 0 saturated heterocycles. The summed E-state index contributed by atoms with van der Waals surface area (Å²) in [5.41, 5.74) is 2.78. The molecule has 0 aliphatic rings. The molecule has 1 heterocycles. The highest BCUT2D eigenvalue weighted by Crippen LogP contribution is 2.23. The summed E-state index contributed by atoms with van der Waals surface area (Å²) < 4.78 is 10.8. The highest BCUT2D eigenvalue weighted by atomic mass is 16.5. The van der Waals surface area contributed by atoms with Crippen LogP contribution in [-0.2, 0) is 13.0 Å². The summed E-state index contributed by atoms with van der Waals surface area (Å²) in [6, 6.07) is 17.4. The molecule has 0 amide bonds. The van der Waals surface area contributed by atoms with Crippen molar-refractivity contribution in [3.05, 3.63) is 65.8 Å². The highest BCUT2D eigenvalue weighted by molar-refractivity contribution is 5.64. The zero-order chi connectivity index (χ0) is 16.8. The van der Waals surface area contributed by atoms with E-state index in [1.165, 1.54) is 0 Å². The third kappa shape index (κ3) is 3.79. The zero-order valence-electron chi connectivity index (χ0n) is 13.4. The molecule has 0 fully saturated rings. The standard InChI is InChI=1S/C19H17N3O2/c1-2-3-18-21-19(24-22-18)13-23-17-10-8-16(9-11-17)15-6-4-14(12-20)5-7-15/h4-11H,2-3,13H2,1H3. The number of ether oxygens (including phenoxy) is 1. The van der Waals surface area contributed by atoms with Crippen LogP contribution in [0.25, 0.3) is 11.1 Å². The van der Waals surface area contributed by atoms with E-state index in [0.717, 1.165) is 29.7 Å². The van der Waals surface area contributed by atoms with Crippen LogP contribution in [0, 0.1) is 11.3 Å². The maximum atomic E-state index is 8.84. The average molecular weight is 319 g/mol. The summed E-state index contributed by atoms with van der Waals surface area (Å²) in [5, 5.41) is 12.7. The molecule has 3 rings (SSSR count). The molecule has 5 heteroatoms. The first-order valence-electron chi connectivity index (χ1n) is 7.83. The number of benzene rings is 2. The largest absolute Gasteiger partial charge is 0.484 e. The van der Waals surface area contributed by atoms with Crippen LogP contribution in [0.5, 0.6) is 5.75 Å². The average Bonchev–Trinajstić information content (AvgIpc) is 3.08. The monoisotopic (exact) mass is 319 g/mol. The minimum atomic E-state index is 0.257. The van der Waals surface area contributed by atoms with Crippen LogP contribution in [-0.4, -0.2) is 10.1 Å². The number of hydrogen-bond acceptors (Lipinski definition) is 5. The smallest absolute Gasteiger partial charge is 0.264 e. The maximum absolute atomic E-state index is 8.84. The summed E-state index contributed by atoms with van der Waals surface area (Å²) in [6.45, 7) is 2.33. The first kappa shape index (κ1) is 15.8. The minimum absolute atomic E-state index is 0.257. The second kappa shape index (κ2) is 7.42. The quantitative estimate of drug-likeness (QED) is 0.683. The summed E-state index contributed by atoms with van der Waals surface area (Å²) in [4.78, 5) is 4.27. The third-order valence-corrected chi connectivity index (χ3v) is 3.55. The van der Waals surface area contributed by atoms with Crippen molar-refractivity contribution in [2.75, 3.05) is 0 Å². The third-order valence-electron chi connectivity index (χ3n) is 3.55. The molecule has 0 spiro atoms. The molecule has 3 aromatic rings. The van der Waals surface area contributed by atoms with Gasteiger partial charge in [-0.25, -0.2) is 0 Å². The van der Waals surface area contributed by atoms with Gasteiger partial charge in [0.25, 0.3) is 5.89 Å². The first-order valence-corrected chi connectivity index (χ1v) is 7.83. The lowest BCUT2D eigenvalue weighted by molar-refractivity contribution is 0.242. The molecule has 1 aromatic heterocycles. The van der Waals surface area contributed by atoms with Crippen molar-refractivity contribution in [2.45, 2.75) is 26.4 Å². The Balaban J connectivity index is 1.62. The molecule has 120 valence electrons. The van der Waals surface area contributed by atoms with Crippen LogP contribution in [0.15, 0.2) is 53.1 Å². The molecule has 0 N–H and O–H groups in total. The fourth-order valence-corrected chi connectivity index (χ4v) is 2.30. The Kier molecular flexibility index (Phi) is 4.87. The number of aromatic nitrogens is 2. The van der Waals surface area contributed by atoms with E-state index >= 15 is 0 Å². The van der Waals surface area contributed by atoms with Crippen molar-refractivity contribution in [1.82, 2.24) is 10.1 Å². The molecule has 2 aromatic carbocycles. The van der Waals surface area contributed by atoms with Crippen LogP contribution < -0.4 is 4.74 Å². The van der Waals surface area contributed by atoms with Crippen LogP contribution in [0.4, 0.5) is 0 Å². The summed E-state index contributed by atoms with van der Waals surface area (Å²) >= 11 is 0. The summed E-state index contributed by atoms with van der Waals surface area (Å²) in [6.07, 6.45) is 1.79. The maximum Gasteiger partial charge on any atom is 0.264 e. The van der Waals surface area contributed by atoms with Gasteiger partial charge in [0.05, 0.1) is 11.6 Å². The van der Waals surface area contributed by atoms with Gasteiger partial charge in [-0.05, 0) is 41.8 Å². The molecule has 0 aliphatic carbocycles. The molecular formula is C19H17N3O2. The normalized spacial score (nSPS) is 10.3. The van der Waals surface area contributed by atoms with E-state index in [1.54, 1.807) is 0 Å². The Morgan fingerprint density at radius 3 is 2.33 bits per heavy atom. The lowest BCUT2D eigenvalue weighted by atomic mass is 10.0. The van der Waals surface area contributed by atoms with Gasteiger partial charge in [-0.15, -0.1) is 0 Å². The second-order valence-electron chi connectivity index (χ2n) is 5.36. The molecule has 5 nitrogen and oxygen atoms in total. The van der Waals surface area contributed by atoms with E-state index < -0.39 is 0 Å². The summed E-state index contributed by atoms with van der Waals surface area (Å²) in [5.74, 6) is 1.93. The summed E-state index contributed by atoms with van der Waals surface area (Å²) in [7, 11) is 0. The Morgan fingerprint density at radius 2 is 1.71 bits per heavy atom. The van der Waals surface area contributed by atoms with E-state index in [0.29, 0.717) is 17.3 Å². The fraction of sp³-hybridized carbons (Fsp3) is 0.211. The van der Waals surface area contributed by atoms with Crippen LogP contribution in [0.2, 0.25) is 0 Å². The topological polar surface area (TPSA) is 71.9 Å². The number of aryl methyl sites for hydroxylation is 1. The van der Waals surface area contributed by atoms with E-state index in [1.807, 2.05) is 48.5 Å². The van der Waals surface area contributed by atoms with Gasteiger partial charge in [-0.3, -0.25) is 0 Å². The van der Waals surface area contributed by atoms with Crippen LogP contribution >= 0.6 is 0 Å². The van der Waals surface area contributed by atoms with E-state index in [2.05, 4.69) is 23.1 Å². The van der Waals surface area contributed by atoms with Gasteiger partial charge in [0, 0.05) is 6.42 Å². The van der Waals surface area contributed by atoms with Crippen molar-refractivity contribution in [2.24, 2.45) is 0 Å². The van der Waals surface area contributed by atoms with Crippen molar-refractivity contribution >= 4 is 0 Å². The number of rotatable bonds is 6. The van der Waals surface area contributed by atoms with Gasteiger partial charge >= 0.3 is 0 Å². The molecular weight excluding hydrogens is 302 g/mol. The lowest BCUT2D eigenvalue weighted by Gasteiger charge is -2.05. The minimum Gasteiger partial charge on any atom is -0.484 e. The number of hydrogen-bond donors (Lipinski definition) is 0. The van der Waals surface area contributed by atoms with Gasteiger partial charge in [0.15, 0.2) is 12.4 Å². The van der Waals surface area contributed by atoms with Crippen molar-refractivity contribution < 1.29 is 9.26 Å². The van der Waals surface area contributed by atoms with Crippen molar-refractivity contribution in [3.8, 4) is 22.9 Å². The molecule has 24 heavy (non-hydrogen) atoms. The van der Waals surface area contributed by atoms with E-state index in [-0.39, 0.29) is 6.61 Å². The van der Waals surface area contributed by atoms with Gasteiger partial charge < -0.3 is 9.26 Å². The zero-order valence-corrected chi connectivity index (χ0v) is 13.4. The van der Waals surface area contributed by atoms with E-state index in [9.17, 15) is 0 Å². The van der Waals surface area contributed by atoms with E-state index in [4.69, 9.17) is 14.5 Å². The van der Waals surface area contributed by atoms with Crippen LogP contribution in [0.1, 0.15) is 30.6 Å². The predicted molar refractivity (Wildman–Crippen MR) is 89.2 cm³/mol. The molecule has 0 radical (unpaired) electrons. The molecule has 0 saturated carbocycles. The first-order chi connectivity index (χ1) is 11.8. The SMILES string of the molecule is CCCc1noc(COc2ccc(-c3ccc(C#N)cc3)cc2)n1. The molecule has 0 bridgehead atoms. The Morgan fingerprint density at radius 1 is 1.04 bits per heavy atom. The lowest BCUT2D eigenvalue weighted by Crippen LogP contribution is -1.96.